The number of carboxylic acid groups (broad SMARTS) is 1. The topological polar surface area (TPSA) is 77.8 Å². The summed E-state index contributed by atoms with van der Waals surface area (Å²) in [5.41, 5.74) is 0. The van der Waals surface area contributed by atoms with Crippen molar-refractivity contribution in [3.05, 3.63) is 0 Å². The molecule has 0 saturated heterocycles. The molecule has 0 aliphatic carbocycles. The molecule has 0 atom stereocenters. The molecule has 0 fully saturated rings. The van der Waals surface area contributed by atoms with Crippen LogP contribution in [0.25, 0.3) is 0 Å². The van der Waals surface area contributed by atoms with E-state index < -0.39 is 11.8 Å². The molecule has 0 radical (unpaired) electrons. The van der Waals surface area contributed by atoms with E-state index in [0.717, 1.165) is 19.3 Å². The van der Waals surface area contributed by atoms with Gasteiger partial charge in [0.05, 0.1) is 0 Å². The largest absolute Gasteiger partial charge is 2.00 e. The van der Waals surface area contributed by atoms with E-state index in [4.69, 9.17) is 15.3 Å². The van der Waals surface area contributed by atoms with Crippen LogP contribution in [0.5, 0.6) is 0 Å². The maximum Gasteiger partial charge on any atom is 2.00 e. The van der Waals surface area contributed by atoms with Crippen molar-refractivity contribution in [1.82, 2.24) is 0 Å². The fourth-order valence-corrected chi connectivity index (χ4v) is 2.67. The summed E-state index contributed by atoms with van der Waals surface area (Å²) in [6.07, 6.45) is 17.0. The number of hydrogen-bond acceptors (Lipinski definition) is 3. The van der Waals surface area contributed by atoms with E-state index in [9.17, 15) is 4.79 Å². The van der Waals surface area contributed by atoms with Crippen molar-refractivity contribution in [3.8, 4) is 0 Å². The number of unbranched alkanes of at least 4 members (excludes halogenated alkanes) is 13. The van der Waals surface area contributed by atoms with Crippen molar-refractivity contribution in [3.63, 3.8) is 0 Å². The van der Waals surface area contributed by atoms with Crippen LogP contribution in [0.3, 0.4) is 0 Å². The van der Waals surface area contributed by atoms with Crippen LogP contribution in [0.1, 0.15) is 106 Å². The predicted molar refractivity (Wildman–Crippen MR) is 97.7 cm³/mol. The Kier molecular flexibility index (Phi) is 20.2. The average Bonchev–Trinajstić information content (AvgIpc) is 2.47. The van der Waals surface area contributed by atoms with Crippen LogP contribution >= 0.6 is 0 Å². The van der Waals surface area contributed by atoms with Gasteiger partial charge >= 0.3 is 54.9 Å². The van der Waals surface area contributed by atoms with Crippen LogP contribution in [-0.2, 0) is 4.79 Å². The van der Waals surface area contributed by atoms with Crippen LogP contribution in [0.2, 0.25) is 0 Å². The Balaban J connectivity index is -0.000000735. The van der Waals surface area contributed by atoms with E-state index in [1.165, 1.54) is 64.2 Å². The smallest absolute Gasteiger partial charge is 1.00 e. The van der Waals surface area contributed by atoms with E-state index in [2.05, 4.69) is 6.92 Å². The minimum atomic E-state index is -2.54. The van der Waals surface area contributed by atoms with Crippen molar-refractivity contribution in [2.75, 3.05) is 0 Å². The van der Waals surface area contributed by atoms with Gasteiger partial charge in [0.1, 0.15) is 0 Å². The average molecular weight is 456 g/mol. The van der Waals surface area contributed by atoms with Crippen LogP contribution in [0.15, 0.2) is 0 Å². The number of carboxylic acids is 1. The summed E-state index contributed by atoms with van der Waals surface area (Å²) in [6, 6.07) is 0. The van der Waals surface area contributed by atoms with E-state index in [1.54, 1.807) is 0 Å². The molecular formula is C18H38BaO4. The van der Waals surface area contributed by atoms with Crippen LogP contribution in [0, 0.1) is 0 Å². The standard InChI is InChI=1S/C18H36O4.Ba.2H/c1-2-3-4-5-6-7-8-9-10-11-12-13-14-15-16-18(21,22)17(19)20;;;/h21-22H,2-16H2,1H3,(H,19,20);;;/q;+2;2*-1. The zero-order chi connectivity index (χ0) is 16.7. The van der Waals surface area contributed by atoms with Gasteiger partial charge in [0.25, 0.3) is 5.79 Å². The first-order valence-corrected chi connectivity index (χ1v) is 9.19. The maximum absolute atomic E-state index is 10.5. The van der Waals surface area contributed by atoms with Crippen molar-refractivity contribution in [2.24, 2.45) is 0 Å². The van der Waals surface area contributed by atoms with Crippen LogP contribution in [0.4, 0.5) is 0 Å². The summed E-state index contributed by atoms with van der Waals surface area (Å²) in [6.45, 7) is 2.25. The molecule has 0 bridgehead atoms. The Morgan fingerprint density at radius 1 is 0.739 bits per heavy atom. The second kappa shape index (κ2) is 17.8. The van der Waals surface area contributed by atoms with Gasteiger partial charge in [0, 0.05) is 6.42 Å². The monoisotopic (exact) mass is 456 g/mol. The third-order valence-corrected chi connectivity index (χ3v) is 4.22. The van der Waals surface area contributed by atoms with Gasteiger partial charge in [-0.05, 0) is 6.42 Å². The van der Waals surface area contributed by atoms with Gasteiger partial charge in [-0.1, -0.05) is 90.4 Å². The Morgan fingerprint density at radius 2 is 1.04 bits per heavy atom. The molecule has 0 unspecified atom stereocenters. The minimum Gasteiger partial charge on any atom is -1.00 e. The van der Waals surface area contributed by atoms with Crippen molar-refractivity contribution >= 4 is 54.9 Å². The van der Waals surface area contributed by atoms with E-state index in [-0.39, 0.29) is 58.2 Å². The zero-order valence-corrected chi connectivity index (χ0v) is 19.5. The Hall–Kier alpha value is 0.961. The molecule has 0 heterocycles. The van der Waals surface area contributed by atoms with Gasteiger partial charge in [-0.3, -0.25) is 0 Å². The number of rotatable bonds is 16. The molecular weight excluding hydrogens is 418 g/mol. The molecule has 4 nitrogen and oxygen atoms in total. The second-order valence-electron chi connectivity index (χ2n) is 6.47. The second-order valence-corrected chi connectivity index (χ2v) is 6.47. The number of hydrogen-bond donors (Lipinski definition) is 3. The Labute approximate surface area is 185 Å². The third kappa shape index (κ3) is 17.6. The first-order valence-electron chi connectivity index (χ1n) is 9.19. The number of aliphatic hydroxyl groups is 2. The first-order chi connectivity index (χ1) is 10.5. The molecule has 0 aromatic heterocycles. The fourth-order valence-electron chi connectivity index (χ4n) is 2.67. The quantitative estimate of drug-likeness (QED) is 0.182. The molecule has 0 aromatic carbocycles. The van der Waals surface area contributed by atoms with E-state index in [0.29, 0.717) is 6.42 Å². The SMILES string of the molecule is CCCCCCCCCCCCCCCCC(O)(O)C(=O)O.[Ba+2].[H-].[H-]. The number of aliphatic carboxylic acids is 1. The summed E-state index contributed by atoms with van der Waals surface area (Å²) >= 11 is 0. The van der Waals surface area contributed by atoms with Gasteiger partial charge in [0.15, 0.2) is 0 Å². The summed E-state index contributed by atoms with van der Waals surface area (Å²) in [7, 11) is 0. The summed E-state index contributed by atoms with van der Waals surface area (Å²) < 4.78 is 0. The van der Waals surface area contributed by atoms with Gasteiger partial charge < -0.3 is 18.2 Å². The number of carbonyl (C=O) groups is 1. The van der Waals surface area contributed by atoms with Crippen molar-refractivity contribution < 1.29 is 23.0 Å². The Morgan fingerprint density at radius 3 is 1.35 bits per heavy atom. The predicted octanol–water partition coefficient (Wildman–Crippen LogP) is 4.47. The molecule has 0 aliphatic heterocycles. The molecule has 136 valence electrons. The molecule has 0 aliphatic rings. The maximum atomic E-state index is 10.5. The first kappa shape index (κ1) is 26.2. The molecule has 23 heavy (non-hydrogen) atoms. The van der Waals surface area contributed by atoms with E-state index >= 15 is 0 Å². The van der Waals surface area contributed by atoms with Crippen LogP contribution < -0.4 is 0 Å². The van der Waals surface area contributed by atoms with Gasteiger partial charge in [0.2, 0.25) is 0 Å². The van der Waals surface area contributed by atoms with Crippen LogP contribution in [-0.4, -0.2) is 76.0 Å². The molecule has 5 heteroatoms. The summed E-state index contributed by atoms with van der Waals surface area (Å²) in [5, 5.41) is 26.8. The van der Waals surface area contributed by atoms with Gasteiger partial charge in [-0.2, -0.15) is 0 Å². The van der Waals surface area contributed by atoms with Gasteiger partial charge in [-0.15, -0.1) is 0 Å². The molecule has 0 saturated carbocycles. The molecule has 0 aromatic rings. The van der Waals surface area contributed by atoms with Crippen molar-refractivity contribution in [2.45, 2.75) is 109 Å². The molecule has 0 spiro atoms. The summed E-state index contributed by atoms with van der Waals surface area (Å²) in [4.78, 5) is 10.5. The molecule has 0 amide bonds. The molecule has 3 N–H and O–H groups in total. The van der Waals surface area contributed by atoms with Gasteiger partial charge in [-0.25, -0.2) is 4.79 Å². The molecule has 0 rings (SSSR count). The van der Waals surface area contributed by atoms with E-state index in [1.807, 2.05) is 0 Å². The Bertz CT molecular complexity index is 280. The normalized spacial score (nSPS) is 11.3. The van der Waals surface area contributed by atoms with Crippen molar-refractivity contribution in [1.29, 1.82) is 0 Å². The zero-order valence-electron chi connectivity index (χ0n) is 17.1. The minimum absolute atomic E-state index is 0. The third-order valence-electron chi connectivity index (χ3n) is 4.22. The summed E-state index contributed by atoms with van der Waals surface area (Å²) in [5.74, 6) is -4.10. The fraction of sp³-hybridized carbons (Fsp3) is 0.944.